The molecule has 2 heterocycles. The fourth-order valence-electron chi connectivity index (χ4n) is 3.61. The van der Waals surface area contributed by atoms with Gasteiger partial charge in [0, 0.05) is 29.3 Å². The molecule has 1 aliphatic rings. The van der Waals surface area contributed by atoms with Gasteiger partial charge in [0.15, 0.2) is 0 Å². The lowest BCUT2D eigenvalue weighted by Gasteiger charge is -2.20. The van der Waals surface area contributed by atoms with Crippen molar-refractivity contribution in [3.63, 3.8) is 0 Å². The van der Waals surface area contributed by atoms with Gasteiger partial charge in [-0.05, 0) is 48.6 Å². The minimum atomic E-state index is -0.349. The maximum Gasteiger partial charge on any atom is 0.336 e. The number of methoxy groups -OCH3 is 2. The second-order valence-electron chi connectivity index (χ2n) is 6.50. The highest BCUT2D eigenvalue weighted by molar-refractivity contribution is 5.82. The van der Waals surface area contributed by atoms with Crippen molar-refractivity contribution in [2.45, 2.75) is 25.3 Å². The molecule has 134 valence electrons. The molecule has 1 atom stereocenters. The van der Waals surface area contributed by atoms with E-state index in [1.165, 1.54) is 5.56 Å². The van der Waals surface area contributed by atoms with Crippen LogP contribution < -0.4 is 20.4 Å². The topological polar surface area (TPSA) is 60.7 Å². The number of anilines is 1. The molecular formula is C21H21NO4. The molecule has 0 amide bonds. The highest BCUT2D eigenvalue weighted by Gasteiger charge is 2.21. The van der Waals surface area contributed by atoms with Crippen LogP contribution in [0.25, 0.3) is 11.0 Å². The number of aryl methyl sites for hydroxylation is 1. The molecule has 0 fully saturated rings. The van der Waals surface area contributed by atoms with E-state index in [1.54, 1.807) is 26.4 Å². The van der Waals surface area contributed by atoms with E-state index in [4.69, 9.17) is 13.9 Å². The zero-order valence-electron chi connectivity index (χ0n) is 14.9. The highest BCUT2D eigenvalue weighted by atomic mass is 16.5. The lowest BCUT2D eigenvalue weighted by atomic mass is 9.98. The predicted molar refractivity (Wildman–Crippen MR) is 101 cm³/mol. The molecule has 0 bridgehead atoms. The average Bonchev–Trinajstić information content (AvgIpc) is 2.88. The third-order valence-corrected chi connectivity index (χ3v) is 4.94. The van der Waals surface area contributed by atoms with E-state index in [9.17, 15) is 4.79 Å². The smallest absolute Gasteiger partial charge is 0.336 e. The van der Waals surface area contributed by atoms with Crippen molar-refractivity contribution in [3.05, 3.63) is 64.0 Å². The number of hydrogen-bond donors (Lipinski definition) is 1. The van der Waals surface area contributed by atoms with E-state index in [0.29, 0.717) is 11.3 Å². The molecule has 1 N–H and O–H groups in total. The standard InChI is InChI=1S/C21H21NO4/c1-24-14-7-6-13-4-3-5-18(22-19(13)10-14)17-12-21(23)26-20-11-15(25-2)8-9-16(17)20/h6-12,18,22H,3-5H2,1-2H3. The molecule has 3 aromatic rings. The van der Waals surface area contributed by atoms with E-state index in [2.05, 4.69) is 11.4 Å². The fraction of sp³-hybridized carbons (Fsp3) is 0.286. The van der Waals surface area contributed by atoms with E-state index >= 15 is 0 Å². The van der Waals surface area contributed by atoms with E-state index in [-0.39, 0.29) is 11.7 Å². The fourth-order valence-corrected chi connectivity index (χ4v) is 3.61. The third-order valence-electron chi connectivity index (χ3n) is 4.94. The minimum absolute atomic E-state index is 0.0309. The van der Waals surface area contributed by atoms with Crippen molar-refractivity contribution < 1.29 is 13.9 Å². The quantitative estimate of drug-likeness (QED) is 0.713. The van der Waals surface area contributed by atoms with E-state index in [1.807, 2.05) is 24.3 Å². The molecule has 1 aromatic heterocycles. The summed E-state index contributed by atoms with van der Waals surface area (Å²) >= 11 is 0. The van der Waals surface area contributed by atoms with Crippen LogP contribution in [0, 0.1) is 0 Å². The van der Waals surface area contributed by atoms with Crippen molar-refractivity contribution in [2.24, 2.45) is 0 Å². The molecule has 1 aliphatic heterocycles. The Morgan fingerprint density at radius 1 is 1.04 bits per heavy atom. The molecule has 1 unspecified atom stereocenters. The summed E-state index contributed by atoms with van der Waals surface area (Å²) in [6.07, 6.45) is 2.96. The van der Waals surface area contributed by atoms with Crippen LogP contribution in [0.1, 0.15) is 30.0 Å². The summed E-state index contributed by atoms with van der Waals surface area (Å²) in [5.74, 6) is 1.49. The van der Waals surface area contributed by atoms with Crippen molar-refractivity contribution >= 4 is 16.7 Å². The Balaban J connectivity index is 1.80. The van der Waals surface area contributed by atoms with Gasteiger partial charge in [0.05, 0.1) is 20.3 Å². The van der Waals surface area contributed by atoms with Crippen molar-refractivity contribution in [1.29, 1.82) is 0 Å². The van der Waals surface area contributed by atoms with E-state index < -0.39 is 0 Å². The summed E-state index contributed by atoms with van der Waals surface area (Å²) < 4.78 is 16.0. The van der Waals surface area contributed by atoms with Gasteiger partial charge in [-0.1, -0.05) is 6.07 Å². The number of hydrogen-bond acceptors (Lipinski definition) is 5. The van der Waals surface area contributed by atoms with Gasteiger partial charge in [0.2, 0.25) is 0 Å². The van der Waals surface area contributed by atoms with Gasteiger partial charge in [-0.15, -0.1) is 0 Å². The Hall–Kier alpha value is -2.95. The lowest BCUT2D eigenvalue weighted by molar-refractivity contribution is 0.414. The molecule has 5 nitrogen and oxygen atoms in total. The SMILES string of the molecule is COc1ccc2c(c1)NC(c1cc(=O)oc3cc(OC)ccc13)CCC2. The minimum Gasteiger partial charge on any atom is -0.497 e. The molecule has 0 spiro atoms. The first-order valence-electron chi connectivity index (χ1n) is 8.73. The molecule has 4 rings (SSSR count). The highest BCUT2D eigenvalue weighted by Crippen LogP contribution is 2.36. The number of nitrogens with one attached hydrogen (secondary N) is 1. The maximum absolute atomic E-state index is 12.1. The molecular weight excluding hydrogens is 330 g/mol. The van der Waals surface area contributed by atoms with Crippen LogP contribution in [0.3, 0.4) is 0 Å². The number of ether oxygens (including phenoxy) is 2. The van der Waals surface area contributed by atoms with Crippen LogP contribution in [0.5, 0.6) is 11.5 Å². The first kappa shape index (κ1) is 16.5. The van der Waals surface area contributed by atoms with Gasteiger partial charge in [0.25, 0.3) is 0 Å². The molecule has 2 aromatic carbocycles. The summed E-state index contributed by atoms with van der Waals surface area (Å²) in [5.41, 5.74) is 3.47. The van der Waals surface area contributed by atoms with Crippen molar-refractivity contribution in [1.82, 2.24) is 0 Å². The zero-order chi connectivity index (χ0) is 18.1. The lowest BCUT2D eigenvalue weighted by Crippen LogP contribution is -2.13. The van der Waals surface area contributed by atoms with Crippen molar-refractivity contribution in [3.8, 4) is 11.5 Å². The van der Waals surface area contributed by atoms with Crippen molar-refractivity contribution in [2.75, 3.05) is 19.5 Å². The van der Waals surface area contributed by atoms with Gasteiger partial charge in [-0.25, -0.2) is 4.79 Å². The van der Waals surface area contributed by atoms with Gasteiger partial charge < -0.3 is 19.2 Å². The largest absolute Gasteiger partial charge is 0.497 e. The van der Waals surface area contributed by atoms with Crippen LogP contribution in [-0.2, 0) is 6.42 Å². The zero-order valence-corrected chi connectivity index (χ0v) is 14.9. The normalized spacial score (nSPS) is 16.5. The van der Waals surface area contributed by atoms with E-state index in [0.717, 1.165) is 41.6 Å². The number of fused-ring (bicyclic) bond motifs is 2. The Labute approximate surface area is 151 Å². The summed E-state index contributed by atoms with van der Waals surface area (Å²) in [4.78, 5) is 12.1. The third kappa shape index (κ3) is 3.01. The predicted octanol–water partition coefficient (Wildman–Crippen LogP) is 4.30. The second kappa shape index (κ2) is 6.75. The molecule has 0 saturated carbocycles. The molecule has 5 heteroatoms. The van der Waals surface area contributed by atoms with Crippen LogP contribution >= 0.6 is 0 Å². The second-order valence-corrected chi connectivity index (χ2v) is 6.50. The van der Waals surface area contributed by atoms with Gasteiger partial charge >= 0.3 is 5.63 Å². The van der Waals surface area contributed by atoms with Gasteiger partial charge in [-0.3, -0.25) is 0 Å². The molecule has 0 saturated heterocycles. The Bertz CT molecular complexity index is 1010. The summed E-state index contributed by atoms with van der Waals surface area (Å²) in [6, 6.07) is 13.3. The monoisotopic (exact) mass is 351 g/mol. The Morgan fingerprint density at radius 3 is 2.62 bits per heavy atom. The Morgan fingerprint density at radius 2 is 1.81 bits per heavy atom. The summed E-state index contributed by atoms with van der Waals surface area (Å²) in [7, 11) is 3.26. The first-order valence-corrected chi connectivity index (χ1v) is 8.73. The summed E-state index contributed by atoms with van der Waals surface area (Å²) in [6.45, 7) is 0. The maximum atomic E-state index is 12.1. The molecule has 0 radical (unpaired) electrons. The molecule has 26 heavy (non-hydrogen) atoms. The first-order chi connectivity index (χ1) is 12.7. The van der Waals surface area contributed by atoms with Crippen LogP contribution in [0.2, 0.25) is 0 Å². The number of benzene rings is 2. The van der Waals surface area contributed by atoms with Gasteiger partial charge in [0.1, 0.15) is 17.1 Å². The number of rotatable bonds is 3. The van der Waals surface area contributed by atoms with Crippen LogP contribution in [-0.4, -0.2) is 14.2 Å². The summed E-state index contributed by atoms with van der Waals surface area (Å²) in [5, 5.41) is 4.53. The average molecular weight is 351 g/mol. The van der Waals surface area contributed by atoms with Crippen LogP contribution in [0.4, 0.5) is 5.69 Å². The Kier molecular flexibility index (Phi) is 4.29. The molecule has 0 aliphatic carbocycles. The van der Waals surface area contributed by atoms with Crippen LogP contribution in [0.15, 0.2) is 51.7 Å². The van der Waals surface area contributed by atoms with Gasteiger partial charge in [-0.2, -0.15) is 0 Å².